The van der Waals surface area contributed by atoms with Crippen LogP contribution in [0.2, 0.25) is 0 Å². The Bertz CT molecular complexity index is 455. The molecule has 0 radical (unpaired) electrons. The summed E-state index contributed by atoms with van der Waals surface area (Å²) in [5, 5.41) is 2.12. The molecular weight excluding hydrogens is 268 g/mol. The van der Waals surface area contributed by atoms with Gasteiger partial charge in [0.25, 0.3) is 0 Å². The Morgan fingerprint density at radius 1 is 1.60 bits per heavy atom. The summed E-state index contributed by atoms with van der Waals surface area (Å²) in [4.78, 5) is 18.0. The highest BCUT2D eigenvalue weighted by molar-refractivity contribution is 7.10. The van der Waals surface area contributed by atoms with Crippen LogP contribution < -0.4 is 0 Å². The second kappa shape index (κ2) is 7.04. The first-order valence-electron chi connectivity index (χ1n) is 7.31. The van der Waals surface area contributed by atoms with Crippen molar-refractivity contribution in [3.05, 3.63) is 34.5 Å². The number of carbonyl (C=O) groups is 1. The lowest BCUT2D eigenvalue weighted by Crippen LogP contribution is -2.40. The highest BCUT2D eigenvalue weighted by atomic mass is 32.1. The van der Waals surface area contributed by atoms with Crippen LogP contribution in [0.15, 0.2) is 29.7 Å². The molecular formula is C16H24N2OS. The molecule has 0 spiro atoms. The Balaban J connectivity index is 1.97. The Labute approximate surface area is 125 Å². The van der Waals surface area contributed by atoms with Crippen molar-refractivity contribution >= 4 is 17.2 Å². The molecule has 1 saturated heterocycles. The summed E-state index contributed by atoms with van der Waals surface area (Å²) in [6.07, 6.45) is 2.35. The van der Waals surface area contributed by atoms with Gasteiger partial charge >= 0.3 is 0 Å². The molecule has 1 fully saturated rings. The first-order valence-corrected chi connectivity index (χ1v) is 8.19. The molecule has 110 valence electrons. The third-order valence-electron chi connectivity index (χ3n) is 3.77. The van der Waals surface area contributed by atoms with E-state index in [-0.39, 0.29) is 5.91 Å². The van der Waals surface area contributed by atoms with E-state index in [1.54, 1.807) is 11.3 Å². The van der Waals surface area contributed by atoms with Crippen molar-refractivity contribution in [1.82, 2.24) is 9.80 Å². The third kappa shape index (κ3) is 3.70. The number of hydrogen-bond acceptors (Lipinski definition) is 3. The fourth-order valence-corrected chi connectivity index (χ4v) is 3.69. The van der Waals surface area contributed by atoms with E-state index >= 15 is 0 Å². The second-order valence-electron chi connectivity index (χ2n) is 5.51. The van der Waals surface area contributed by atoms with Crippen LogP contribution in [-0.2, 0) is 4.79 Å². The molecule has 0 bridgehead atoms. The molecule has 20 heavy (non-hydrogen) atoms. The first kappa shape index (κ1) is 15.3. The minimum absolute atomic E-state index is 0.221. The number of likely N-dealkylation sites (tertiary alicyclic amines) is 1. The van der Waals surface area contributed by atoms with E-state index < -0.39 is 0 Å². The molecule has 0 aliphatic carbocycles. The van der Waals surface area contributed by atoms with Crippen LogP contribution >= 0.6 is 11.3 Å². The number of hydrogen-bond donors (Lipinski definition) is 0. The van der Waals surface area contributed by atoms with Gasteiger partial charge in [0.2, 0.25) is 5.91 Å². The molecule has 4 heteroatoms. The van der Waals surface area contributed by atoms with Crippen molar-refractivity contribution in [2.45, 2.75) is 32.7 Å². The summed E-state index contributed by atoms with van der Waals surface area (Å²) >= 11 is 1.80. The summed E-state index contributed by atoms with van der Waals surface area (Å²) in [5.41, 5.74) is 1.04. The normalized spacial score (nSPS) is 19.2. The summed E-state index contributed by atoms with van der Waals surface area (Å²) < 4.78 is 0. The first-order chi connectivity index (χ1) is 9.61. The van der Waals surface area contributed by atoms with Gasteiger partial charge in [-0.1, -0.05) is 18.2 Å². The molecule has 1 amide bonds. The molecule has 1 aliphatic heterocycles. The number of carbonyl (C=O) groups excluding carboxylic acids is 1. The van der Waals surface area contributed by atoms with Crippen molar-refractivity contribution in [3.8, 4) is 0 Å². The van der Waals surface area contributed by atoms with Crippen LogP contribution in [-0.4, -0.2) is 41.9 Å². The van der Waals surface area contributed by atoms with Gasteiger partial charge in [-0.05, 0) is 44.7 Å². The minimum Gasteiger partial charge on any atom is -0.338 e. The van der Waals surface area contributed by atoms with Gasteiger partial charge in [0.05, 0.1) is 6.54 Å². The smallest absolute Gasteiger partial charge is 0.237 e. The molecule has 1 atom stereocenters. The fourth-order valence-electron chi connectivity index (χ4n) is 2.79. The van der Waals surface area contributed by atoms with Gasteiger partial charge in [-0.15, -0.1) is 11.3 Å². The molecule has 0 saturated carbocycles. The van der Waals surface area contributed by atoms with E-state index in [4.69, 9.17) is 0 Å². The lowest BCUT2D eigenvalue weighted by atomic mass is 10.2. The lowest BCUT2D eigenvalue weighted by Gasteiger charge is -2.27. The minimum atomic E-state index is 0.221. The summed E-state index contributed by atoms with van der Waals surface area (Å²) in [6, 6.07) is 4.71. The zero-order chi connectivity index (χ0) is 14.5. The Morgan fingerprint density at radius 3 is 3.00 bits per heavy atom. The lowest BCUT2D eigenvalue weighted by molar-refractivity contribution is -0.132. The largest absolute Gasteiger partial charge is 0.338 e. The molecule has 1 aromatic heterocycles. The van der Waals surface area contributed by atoms with Gasteiger partial charge in [-0.3, -0.25) is 9.69 Å². The van der Waals surface area contributed by atoms with Gasteiger partial charge in [-0.25, -0.2) is 0 Å². The van der Waals surface area contributed by atoms with Crippen LogP contribution in [0, 0.1) is 0 Å². The summed E-state index contributed by atoms with van der Waals surface area (Å²) in [5.74, 6) is 0.221. The van der Waals surface area contributed by atoms with Crippen LogP contribution in [0.1, 0.15) is 37.6 Å². The summed E-state index contributed by atoms with van der Waals surface area (Å²) in [7, 11) is 0. The van der Waals surface area contributed by atoms with Crippen molar-refractivity contribution < 1.29 is 4.79 Å². The topological polar surface area (TPSA) is 23.6 Å². The predicted octanol–water partition coefficient (Wildman–Crippen LogP) is 3.31. The van der Waals surface area contributed by atoms with Crippen LogP contribution in [0.25, 0.3) is 0 Å². The average Bonchev–Trinajstić information content (AvgIpc) is 3.05. The Kier molecular flexibility index (Phi) is 5.38. The Hall–Kier alpha value is -1.13. The second-order valence-corrected chi connectivity index (χ2v) is 6.49. The van der Waals surface area contributed by atoms with Crippen LogP contribution in [0.3, 0.4) is 0 Å². The van der Waals surface area contributed by atoms with Crippen molar-refractivity contribution in [3.63, 3.8) is 0 Å². The predicted molar refractivity (Wildman–Crippen MR) is 84.9 cm³/mol. The standard InChI is InChI=1S/C16H24N2OS/c1-4-17(11-13(2)3)16(19)12-18-9-5-7-14(18)15-8-6-10-20-15/h6,8,10,14H,2,4-5,7,9,11-12H2,1,3H3. The molecule has 1 aromatic rings. The molecule has 0 aromatic carbocycles. The van der Waals surface area contributed by atoms with Crippen molar-refractivity contribution in [1.29, 1.82) is 0 Å². The molecule has 2 rings (SSSR count). The van der Waals surface area contributed by atoms with E-state index in [0.29, 0.717) is 19.1 Å². The number of rotatable bonds is 6. The van der Waals surface area contributed by atoms with Gasteiger partial charge in [0.1, 0.15) is 0 Å². The van der Waals surface area contributed by atoms with Gasteiger partial charge < -0.3 is 4.90 Å². The van der Waals surface area contributed by atoms with Crippen molar-refractivity contribution in [2.75, 3.05) is 26.2 Å². The maximum absolute atomic E-state index is 12.4. The average molecular weight is 292 g/mol. The Morgan fingerprint density at radius 2 is 2.40 bits per heavy atom. The SMILES string of the molecule is C=C(C)CN(CC)C(=O)CN1CCCC1c1cccs1. The molecule has 0 N–H and O–H groups in total. The molecule has 1 aliphatic rings. The summed E-state index contributed by atoms with van der Waals surface area (Å²) in [6.45, 7) is 10.9. The molecule has 3 nitrogen and oxygen atoms in total. The van der Waals surface area contributed by atoms with E-state index in [1.165, 1.54) is 17.7 Å². The van der Waals surface area contributed by atoms with E-state index in [1.807, 2.05) is 18.7 Å². The quantitative estimate of drug-likeness (QED) is 0.751. The number of nitrogens with zero attached hydrogens (tertiary/aromatic N) is 2. The van der Waals surface area contributed by atoms with Crippen molar-refractivity contribution in [2.24, 2.45) is 0 Å². The fraction of sp³-hybridized carbons (Fsp3) is 0.562. The number of likely N-dealkylation sites (N-methyl/N-ethyl adjacent to an activating group) is 1. The highest BCUT2D eigenvalue weighted by Gasteiger charge is 2.29. The monoisotopic (exact) mass is 292 g/mol. The van der Waals surface area contributed by atoms with Crippen LogP contribution in [0.5, 0.6) is 0 Å². The van der Waals surface area contributed by atoms with E-state index in [2.05, 4.69) is 29.0 Å². The number of amides is 1. The van der Waals surface area contributed by atoms with E-state index in [9.17, 15) is 4.79 Å². The zero-order valence-corrected chi connectivity index (χ0v) is 13.3. The maximum atomic E-state index is 12.4. The third-order valence-corrected chi connectivity index (χ3v) is 4.74. The van der Waals surface area contributed by atoms with Crippen LogP contribution in [0.4, 0.5) is 0 Å². The zero-order valence-electron chi connectivity index (χ0n) is 12.5. The highest BCUT2D eigenvalue weighted by Crippen LogP contribution is 2.34. The number of thiophene rings is 1. The van der Waals surface area contributed by atoms with Gasteiger partial charge in [-0.2, -0.15) is 0 Å². The van der Waals surface area contributed by atoms with Gasteiger partial charge in [0.15, 0.2) is 0 Å². The molecule has 2 heterocycles. The van der Waals surface area contributed by atoms with Gasteiger partial charge in [0, 0.05) is 24.0 Å². The molecule has 1 unspecified atom stereocenters. The maximum Gasteiger partial charge on any atom is 0.237 e. The van der Waals surface area contributed by atoms with E-state index in [0.717, 1.165) is 18.7 Å².